The van der Waals surface area contributed by atoms with Gasteiger partial charge in [0.2, 0.25) is 0 Å². The predicted octanol–water partition coefficient (Wildman–Crippen LogP) is 4.88. The van der Waals surface area contributed by atoms with Crippen LogP contribution < -0.4 is 5.43 Å². The number of carboxylic acids is 1. The zero-order valence-electron chi connectivity index (χ0n) is 17.1. The lowest BCUT2D eigenvalue weighted by Crippen LogP contribution is -2.05. The van der Waals surface area contributed by atoms with Crippen LogP contribution in [-0.2, 0) is 11.3 Å². The van der Waals surface area contributed by atoms with Gasteiger partial charge in [-0.25, -0.2) is 9.78 Å². The van der Waals surface area contributed by atoms with E-state index in [1.807, 2.05) is 13.8 Å². The van der Waals surface area contributed by atoms with Gasteiger partial charge in [-0.2, -0.15) is 10.4 Å². The number of halogens is 1. The Hall–Kier alpha value is -3.48. The molecule has 0 bridgehead atoms. The first kappa shape index (κ1) is 22.2. The number of furan rings is 1. The van der Waals surface area contributed by atoms with Crippen LogP contribution in [0.25, 0.3) is 11.3 Å². The lowest BCUT2D eigenvalue weighted by Gasteiger charge is -2.12. The van der Waals surface area contributed by atoms with E-state index in [0.29, 0.717) is 39.7 Å². The molecule has 3 aromatic rings. The number of aryl methyl sites for hydroxylation is 2. The average molecular weight is 483 g/mol. The molecule has 0 unspecified atom stereocenters. The minimum absolute atomic E-state index is 0.182. The maximum Gasteiger partial charge on any atom is 0.335 e. The molecule has 3 rings (SSSR count). The van der Waals surface area contributed by atoms with Gasteiger partial charge < -0.3 is 14.3 Å². The van der Waals surface area contributed by atoms with E-state index in [2.05, 4.69) is 37.5 Å². The minimum atomic E-state index is -1.00. The van der Waals surface area contributed by atoms with Crippen molar-refractivity contribution in [3.8, 4) is 17.4 Å². The first-order chi connectivity index (χ1) is 14.8. The summed E-state index contributed by atoms with van der Waals surface area (Å²) in [4.78, 5) is 15.6. The van der Waals surface area contributed by atoms with E-state index in [0.717, 1.165) is 10.0 Å². The Morgan fingerprint density at radius 3 is 2.84 bits per heavy atom. The molecule has 0 fully saturated rings. The smallest absolute Gasteiger partial charge is 0.335 e. The number of methoxy groups -OCH3 is 1. The number of carboxylic acid groups (broad SMARTS) is 1. The molecule has 158 valence electrons. The van der Waals surface area contributed by atoms with Gasteiger partial charge in [-0.05, 0) is 59.6 Å². The van der Waals surface area contributed by atoms with Gasteiger partial charge in [0.05, 0.1) is 24.1 Å². The molecule has 2 N–H and O–H groups in total. The van der Waals surface area contributed by atoms with E-state index >= 15 is 0 Å². The maximum atomic E-state index is 11.2. The number of hydrogen-bond acceptors (Lipinski definition) is 7. The summed E-state index contributed by atoms with van der Waals surface area (Å²) in [5, 5.41) is 22.9. The zero-order valence-corrected chi connectivity index (χ0v) is 18.6. The van der Waals surface area contributed by atoms with Crippen LogP contribution in [0.4, 0.5) is 5.82 Å². The summed E-state index contributed by atoms with van der Waals surface area (Å²) >= 11 is 3.45. The SMILES string of the molecule is COCc1c(Br)c(C)nc(N/N=C\c2ccc(-c3cc(C(=O)O)ccc3C)o2)c1C#N. The lowest BCUT2D eigenvalue weighted by atomic mass is 10.0. The summed E-state index contributed by atoms with van der Waals surface area (Å²) in [6.45, 7) is 3.94. The minimum Gasteiger partial charge on any atom is -0.478 e. The fourth-order valence-corrected chi connectivity index (χ4v) is 3.37. The number of carbonyl (C=O) groups is 1. The molecule has 0 saturated heterocycles. The topological polar surface area (TPSA) is 121 Å². The normalized spacial score (nSPS) is 10.9. The first-order valence-electron chi connectivity index (χ1n) is 9.17. The number of hydrazone groups is 1. The number of aromatic carboxylic acids is 1. The molecule has 31 heavy (non-hydrogen) atoms. The van der Waals surface area contributed by atoms with Gasteiger partial charge >= 0.3 is 5.97 Å². The summed E-state index contributed by atoms with van der Waals surface area (Å²) in [5.74, 6) is 0.285. The summed E-state index contributed by atoms with van der Waals surface area (Å²) in [6.07, 6.45) is 1.45. The molecule has 0 amide bonds. The molecule has 0 spiro atoms. The molecule has 2 aromatic heterocycles. The summed E-state index contributed by atoms with van der Waals surface area (Å²) < 4.78 is 11.7. The molecule has 0 aliphatic heterocycles. The number of ether oxygens (including phenoxy) is 1. The number of hydrogen-bond donors (Lipinski definition) is 2. The second kappa shape index (κ2) is 9.55. The van der Waals surface area contributed by atoms with Crippen LogP contribution in [-0.4, -0.2) is 29.4 Å². The second-order valence-corrected chi connectivity index (χ2v) is 7.46. The highest BCUT2D eigenvalue weighted by molar-refractivity contribution is 9.10. The Morgan fingerprint density at radius 1 is 1.39 bits per heavy atom. The van der Waals surface area contributed by atoms with Gasteiger partial charge in [0.1, 0.15) is 23.2 Å². The van der Waals surface area contributed by atoms with Crippen molar-refractivity contribution >= 4 is 33.9 Å². The van der Waals surface area contributed by atoms with E-state index < -0.39 is 5.97 Å². The highest BCUT2D eigenvalue weighted by Crippen LogP contribution is 2.29. The molecular formula is C22H19BrN4O4. The Morgan fingerprint density at radius 2 is 2.16 bits per heavy atom. The fourth-order valence-electron chi connectivity index (χ4n) is 2.97. The van der Waals surface area contributed by atoms with Crippen molar-refractivity contribution in [2.75, 3.05) is 12.5 Å². The van der Waals surface area contributed by atoms with E-state index in [9.17, 15) is 15.2 Å². The number of nitriles is 1. The fraction of sp³-hybridized carbons (Fsp3) is 0.182. The molecule has 0 aliphatic carbocycles. The molecule has 1 aromatic carbocycles. The van der Waals surface area contributed by atoms with Crippen LogP contribution in [0.2, 0.25) is 0 Å². The van der Waals surface area contributed by atoms with Crippen molar-refractivity contribution in [2.45, 2.75) is 20.5 Å². The Bertz CT molecular complexity index is 1210. The van der Waals surface area contributed by atoms with Crippen molar-refractivity contribution in [1.29, 1.82) is 5.26 Å². The third kappa shape index (κ3) is 4.82. The van der Waals surface area contributed by atoms with E-state index in [1.165, 1.54) is 6.21 Å². The number of rotatable bonds is 7. The van der Waals surface area contributed by atoms with Gasteiger partial charge in [0.25, 0.3) is 0 Å². The van der Waals surface area contributed by atoms with E-state index in [4.69, 9.17) is 9.15 Å². The molecule has 0 saturated carbocycles. The number of nitrogens with zero attached hydrogens (tertiary/aromatic N) is 3. The van der Waals surface area contributed by atoms with Crippen LogP contribution >= 0.6 is 15.9 Å². The van der Waals surface area contributed by atoms with Crippen LogP contribution in [0, 0.1) is 25.2 Å². The maximum absolute atomic E-state index is 11.2. The van der Waals surface area contributed by atoms with Crippen molar-refractivity contribution in [1.82, 2.24) is 4.98 Å². The van der Waals surface area contributed by atoms with Crippen LogP contribution in [0.3, 0.4) is 0 Å². The molecule has 0 radical (unpaired) electrons. The average Bonchev–Trinajstić information content (AvgIpc) is 3.20. The standard InChI is InChI=1S/C22H19BrN4O4/c1-12-4-5-14(22(28)29)8-16(12)19-7-6-15(31-19)10-25-27-21-17(9-24)18(11-30-3)20(23)13(2)26-21/h4-8,10H,11H2,1-3H3,(H,26,27)(H,28,29)/b25-10-. The lowest BCUT2D eigenvalue weighted by molar-refractivity contribution is 0.0697. The Kier molecular flexibility index (Phi) is 6.84. The van der Waals surface area contributed by atoms with Crippen LogP contribution in [0.5, 0.6) is 0 Å². The summed E-state index contributed by atoms with van der Waals surface area (Å²) in [5.41, 5.74) is 6.25. The number of pyridine rings is 1. The van der Waals surface area contributed by atoms with Gasteiger partial charge in [0.15, 0.2) is 5.82 Å². The Balaban J connectivity index is 1.85. The van der Waals surface area contributed by atoms with Crippen molar-refractivity contribution in [2.24, 2.45) is 5.10 Å². The number of benzene rings is 1. The largest absolute Gasteiger partial charge is 0.478 e. The van der Waals surface area contributed by atoms with Crippen molar-refractivity contribution < 1.29 is 19.1 Å². The molecule has 0 aliphatic rings. The highest BCUT2D eigenvalue weighted by atomic mass is 79.9. The third-order valence-electron chi connectivity index (χ3n) is 4.54. The van der Waals surface area contributed by atoms with Crippen LogP contribution in [0.15, 0.2) is 44.3 Å². The van der Waals surface area contributed by atoms with Crippen LogP contribution in [0.1, 0.15) is 38.5 Å². The third-order valence-corrected chi connectivity index (χ3v) is 5.59. The molecule has 0 atom stereocenters. The quantitative estimate of drug-likeness (QED) is 0.363. The van der Waals surface area contributed by atoms with Gasteiger partial charge in [-0.3, -0.25) is 5.43 Å². The van der Waals surface area contributed by atoms with Gasteiger partial charge in [0, 0.05) is 22.7 Å². The first-order valence-corrected chi connectivity index (χ1v) is 9.96. The zero-order chi connectivity index (χ0) is 22.5. The van der Waals surface area contributed by atoms with Gasteiger partial charge in [-0.15, -0.1) is 0 Å². The number of aromatic nitrogens is 1. The molecule has 9 heteroatoms. The predicted molar refractivity (Wildman–Crippen MR) is 119 cm³/mol. The van der Waals surface area contributed by atoms with Gasteiger partial charge in [-0.1, -0.05) is 6.07 Å². The molecule has 8 nitrogen and oxygen atoms in total. The Labute approximate surface area is 187 Å². The second-order valence-electron chi connectivity index (χ2n) is 6.67. The molecule has 2 heterocycles. The highest BCUT2D eigenvalue weighted by Gasteiger charge is 2.16. The number of nitrogens with one attached hydrogen (secondary N) is 1. The summed E-state index contributed by atoms with van der Waals surface area (Å²) in [6, 6.07) is 10.4. The molecular weight excluding hydrogens is 464 g/mol. The monoisotopic (exact) mass is 482 g/mol. The number of anilines is 1. The summed E-state index contributed by atoms with van der Waals surface area (Å²) in [7, 11) is 1.55. The van der Waals surface area contributed by atoms with E-state index in [1.54, 1.807) is 37.4 Å². The van der Waals surface area contributed by atoms with E-state index in [-0.39, 0.29) is 12.2 Å². The van der Waals surface area contributed by atoms with Crippen molar-refractivity contribution in [3.63, 3.8) is 0 Å². The van der Waals surface area contributed by atoms with Crippen molar-refractivity contribution in [3.05, 3.63) is 68.5 Å².